The smallest absolute Gasteiger partial charge is 0.0991 e. The Morgan fingerprint density at radius 2 is 1.50 bits per heavy atom. The van der Waals surface area contributed by atoms with Crippen LogP contribution < -0.4 is 0 Å². The van der Waals surface area contributed by atoms with Crippen molar-refractivity contribution in [2.24, 2.45) is 0 Å². The molecule has 0 aromatic heterocycles. The zero-order valence-corrected chi connectivity index (χ0v) is 11.9. The average molecular weight is 265 g/mol. The van der Waals surface area contributed by atoms with Crippen LogP contribution in [0.5, 0.6) is 0 Å². The van der Waals surface area contributed by atoms with Crippen molar-refractivity contribution in [2.75, 3.05) is 0 Å². The topological polar surface area (TPSA) is 44.0 Å². The summed E-state index contributed by atoms with van der Waals surface area (Å²) in [6.45, 7) is 4.33. The van der Waals surface area contributed by atoms with Crippen LogP contribution in [-0.2, 0) is 6.42 Å². The van der Waals surface area contributed by atoms with Crippen molar-refractivity contribution in [1.82, 2.24) is 0 Å². The minimum Gasteiger partial charge on any atom is -0.388 e. The Labute approximate surface area is 120 Å². The highest BCUT2D eigenvalue weighted by Gasteiger charge is 2.09. The molecular weight excluding hydrogens is 246 g/mol. The van der Waals surface area contributed by atoms with E-state index in [1.54, 1.807) is 12.1 Å². The van der Waals surface area contributed by atoms with Gasteiger partial charge in [-0.3, -0.25) is 0 Å². The number of hydrogen-bond acceptors (Lipinski definition) is 2. The summed E-state index contributed by atoms with van der Waals surface area (Å²) in [5.41, 5.74) is 3.88. The highest BCUT2D eigenvalue weighted by molar-refractivity contribution is 5.33. The molecule has 2 rings (SSSR count). The first kappa shape index (κ1) is 14.3. The predicted octanol–water partition coefficient (Wildman–Crippen LogP) is 3.96. The van der Waals surface area contributed by atoms with Gasteiger partial charge in [0.2, 0.25) is 0 Å². The van der Waals surface area contributed by atoms with Crippen molar-refractivity contribution in [3.8, 4) is 6.07 Å². The predicted molar refractivity (Wildman–Crippen MR) is 80.4 cm³/mol. The maximum atomic E-state index is 10.2. The molecule has 0 saturated carbocycles. The van der Waals surface area contributed by atoms with Crippen molar-refractivity contribution in [2.45, 2.75) is 32.3 Å². The second-order valence-corrected chi connectivity index (χ2v) is 5.35. The molecule has 1 unspecified atom stereocenters. The third-order valence-corrected chi connectivity index (χ3v) is 3.50. The monoisotopic (exact) mass is 265 g/mol. The quantitative estimate of drug-likeness (QED) is 0.909. The average Bonchev–Trinajstić information content (AvgIpc) is 2.48. The van der Waals surface area contributed by atoms with E-state index in [4.69, 9.17) is 5.26 Å². The number of aliphatic hydroxyl groups excluding tert-OH is 1. The van der Waals surface area contributed by atoms with Gasteiger partial charge in [0.15, 0.2) is 0 Å². The van der Waals surface area contributed by atoms with Gasteiger partial charge in [0.05, 0.1) is 17.7 Å². The molecule has 2 nitrogen and oxygen atoms in total. The molecule has 0 spiro atoms. The molecule has 20 heavy (non-hydrogen) atoms. The Kier molecular flexibility index (Phi) is 4.55. The Hall–Kier alpha value is -2.11. The lowest BCUT2D eigenvalue weighted by molar-refractivity contribution is 0.178. The third-order valence-electron chi connectivity index (χ3n) is 3.50. The fraction of sp³-hybridized carbons (Fsp3) is 0.278. The molecule has 0 fully saturated rings. The van der Waals surface area contributed by atoms with Crippen molar-refractivity contribution >= 4 is 0 Å². The van der Waals surface area contributed by atoms with Crippen LogP contribution in [0, 0.1) is 11.3 Å². The summed E-state index contributed by atoms with van der Waals surface area (Å²) in [6.07, 6.45) is 0.0530. The van der Waals surface area contributed by atoms with Crippen LogP contribution in [0.3, 0.4) is 0 Å². The zero-order chi connectivity index (χ0) is 14.5. The lowest BCUT2D eigenvalue weighted by Gasteiger charge is -2.12. The molecule has 0 radical (unpaired) electrons. The summed E-state index contributed by atoms with van der Waals surface area (Å²) in [5.74, 6) is 0.521. The van der Waals surface area contributed by atoms with E-state index in [2.05, 4.69) is 44.2 Å². The maximum absolute atomic E-state index is 10.2. The van der Waals surface area contributed by atoms with Gasteiger partial charge in [0.25, 0.3) is 0 Å². The number of nitriles is 1. The lowest BCUT2D eigenvalue weighted by atomic mass is 9.97. The molecule has 2 aromatic carbocycles. The van der Waals surface area contributed by atoms with E-state index >= 15 is 0 Å². The van der Waals surface area contributed by atoms with Crippen LogP contribution in [0.25, 0.3) is 0 Å². The Bertz CT molecular complexity index is 591. The van der Waals surface area contributed by atoms with E-state index in [0.717, 1.165) is 11.1 Å². The molecule has 102 valence electrons. The molecule has 2 aromatic rings. The van der Waals surface area contributed by atoms with Gasteiger partial charge in [0, 0.05) is 6.42 Å². The van der Waals surface area contributed by atoms with E-state index in [-0.39, 0.29) is 0 Å². The highest BCUT2D eigenvalue weighted by atomic mass is 16.3. The molecule has 0 aliphatic heterocycles. The van der Waals surface area contributed by atoms with E-state index in [0.29, 0.717) is 17.9 Å². The molecule has 1 atom stereocenters. The van der Waals surface area contributed by atoms with Crippen LogP contribution >= 0.6 is 0 Å². The second-order valence-electron chi connectivity index (χ2n) is 5.35. The van der Waals surface area contributed by atoms with Crippen LogP contribution in [0.15, 0.2) is 48.5 Å². The van der Waals surface area contributed by atoms with Crippen LogP contribution in [0.2, 0.25) is 0 Å². The molecule has 2 heteroatoms. The minimum atomic E-state index is -0.535. The van der Waals surface area contributed by atoms with E-state index in [1.807, 2.05) is 12.1 Å². The first-order chi connectivity index (χ1) is 9.60. The fourth-order valence-corrected chi connectivity index (χ4v) is 2.16. The molecule has 0 amide bonds. The molecule has 1 N–H and O–H groups in total. The van der Waals surface area contributed by atoms with Crippen LogP contribution in [0.4, 0.5) is 0 Å². The van der Waals surface area contributed by atoms with E-state index < -0.39 is 6.10 Å². The number of aliphatic hydroxyl groups is 1. The SMILES string of the molecule is CC(C)c1ccc(CC(O)c2ccc(C#N)cc2)cc1. The Morgan fingerprint density at radius 1 is 0.950 bits per heavy atom. The number of hydrogen-bond donors (Lipinski definition) is 1. The molecule has 0 heterocycles. The Balaban J connectivity index is 2.06. The van der Waals surface area contributed by atoms with Gasteiger partial charge in [-0.1, -0.05) is 50.2 Å². The van der Waals surface area contributed by atoms with Crippen LogP contribution in [0.1, 0.15) is 48.1 Å². The highest BCUT2D eigenvalue weighted by Crippen LogP contribution is 2.21. The van der Waals surface area contributed by atoms with Gasteiger partial charge in [0.1, 0.15) is 0 Å². The number of nitrogens with zero attached hydrogens (tertiary/aromatic N) is 1. The van der Waals surface area contributed by atoms with Gasteiger partial charge in [-0.25, -0.2) is 0 Å². The largest absolute Gasteiger partial charge is 0.388 e. The molecule has 0 bridgehead atoms. The second kappa shape index (κ2) is 6.36. The number of benzene rings is 2. The summed E-state index contributed by atoms with van der Waals surface area (Å²) in [5, 5.41) is 19.0. The third kappa shape index (κ3) is 3.46. The van der Waals surface area contributed by atoms with Gasteiger partial charge in [-0.15, -0.1) is 0 Å². The maximum Gasteiger partial charge on any atom is 0.0991 e. The Morgan fingerprint density at radius 3 is 2.00 bits per heavy atom. The fourth-order valence-electron chi connectivity index (χ4n) is 2.16. The standard InChI is InChI=1S/C18H19NO/c1-13(2)16-7-3-14(4-8-16)11-18(20)17-9-5-15(12-19)6-10-17/h3-10,13,18,20H,11H2,1-2H3. The molecule has 0 aliphatic rings. The van der Waals surface area contributed by atoms with E-state index in [9.17, 15) is 5.11 Å². The molecule has 0 saturated heterocycles. The summed E-state index contributed by atoms with van der Waals surface area (Å²) >= 11 is 0. The van der Waals surface area contributed by atoms with Gasteiger partial charge >= 0.3 is 0 Å². The van der Waals surface area contributed by atoms with Gasteiger partial charge in [-0.05, 0) is 34.7 Å². The van der Waals surface area contributed by atoms with Crippen molar-refractivity contribution < 1.29 is 5.11 Å². The molecular formula is C18H19NO. The van der Waals surface area contributed by atoms with E-state index in [1.165, 1.54) is 5.56 Å². The molecule has 0 aliphatic carbocycles. The first-order valence-corrected chi connectivity index (χ1v) is 6.87. The van der Waals surface area contributed by atoms with Crippen molar-refractivity contribution in [3.63, 3.8) is 0 Å². The van der Waals surface area contributed by atoms with Crippen LogP contribution in [-0.4, -0.2) is 5.11 Å². The summed E-state index contributed by atoms with van der Waals surface area (Å²) in [4.78, 5) is 0. The lowest BCUT2D eigenvalue weighted by Crippen LogP contribution is -2.02. The normalized spacial score (nSPS) is 12.2. The summed E-state index contributed by atoms with van der Waals surface area (Å²) in [7, 11) is 0. The summed E-state index contributed by atoms with van der Waals surface area (Å²) in [6, 6.07) is 17.5. The van der Waals surface area contributed by atoms with Crippen molar-refractivity contribution in [3.05, 3.63) is 70.8 Å². The summed E-state index contributed by atoms with van der Waals surface area (Å²) < 4.78 is 0. The zero-order valence-electron chi connectivity index (χ0n) is 11.9. The first-order valence-electron chi connectivity index (χ1n) is 6.87. The van der Waals surface area contributed by atoms with Gasteiger partial charge < -0.3 is 5.11 Å². The minimum absolute atomic E-state index is 0.521. The van der Waals surface area contributed by atoms with Gasteiger partial charge in [-0.2, -0.15) is 5.26 Å². The van der Waals surface area contributed by atoms with Crippen molar-refractivity contribution in [1.29, 1.82) is 5.26 Å². The number of rotatable bonds is 4.